The molecule has 1 fully saturated rings. The van der Waals surface area contributed by atoms with Gasteiger partial charge in [0.25, 0.3) is 0 Å². The highest BCUT2D eigenvalue weighted by atomic mass is 35.5. The zero-order valence-electron chi connectivity index (χ0n) is 15.6. The molecular formula is C19H27Cl2N3O3. The van der Waals surface area contributed by atoms with Crippen LogP contribution in [-0.4, -0.2) is 56.1 Å². The number of halogens is 2. The van der Waals surface area contributed by atoms with Crippen LogP contribution in [0.25, 0.3) is 0 Å². The molecule has 0 bridgehead atoms. The first-order valence-corrected chi connectivity index (χ1v) is 10.0. The fourth-order valence-electron chi connectivity index (χ4n) is 2.93. The molecule has 0 unspecified atom stereocenters. The van der Waals surface area contributed by atoms with Crippen LogP contribution in [0.15, 0.2) is 18.2 Å². The number of nitrogens with zero attached hydrogens (tertiary/aromatic N) is 1. The third kappa shape index (κ3) is 8.05. The lowest BCUT2D eigenvalue weighted by Crippen LogP contribution is -2.38. The van der Waals surface area contributed by atoms with Gasteiger partial charge in [0.1, 0.15) is 0 Å². The molecule has 27 heavy (non-hydrogen) atoms. The molecule has 1 aliphatic rings. The molecule has 2 N–H and O–H groups in total. The van der Waals surface area contributed by atoms with E-state index in [9.17, 15) is 9.59 Å². The number of amides is 2. The Kier molecular flexibility index (Phi) is 9.34. The zero-order valence-corrected chi connectivity index (χ0v) is 17.1. The smallest absolute Gasteiger partial charge is 0.224 e. The second-order valence-corrected chi connectivity index (χ2v) is 7.61. The standard InChI is InChI=1S/C19H27Cl2N3O3/c1-14(13-18(26)23-16-5-2-4-15(20)19(16)21)12-17(25)22-6-3-7-24-8-10-27-11-9-24/h2,4-5,14H,3,6-13H2,1H3,(H,22,25)(H,23,26)/t14-/m0/s1. The maximum atomic E-state index is 12.1. The molecule has 1 atom stereocenters. The van der Waals surface area contributed by atoms with Crippen LogP contribution in [0.2, 0.25) is 10.0 Å². The van der Waals surface area contributed by atoms with Crippen molar-refractivity contribution in [2.24, 2.45) is 5.92 Å². The van der Waals surface area contributed by atoms with E-state index in [-0.39, 0.29) is 24.2 Å². The summed E-state index contributed by atoms with van der Waals surface area (Å²) in [7, 11) is 0. The van der Waals surface area contributed by atoms with E-state index in [1.807, 2.05) is 6.92 Å². The van der Waals surface area contributed by atoms with Gasteiger partial charge in [0.05, 0.1) is 28.9 Å². The van der Waals surface area contributed by atoms with Crippen molar-refractivity contribution < 1.29 is 14.3 Å². The Bertz CT molecular complexity index is 637. The Balaban J connectivity index is 1.62. The molecule has 1 aromatic rings. The lowest BCUT2D eigenvalue weighted by atomic mass is 10.0. The highest BCUT2D eigenvalue weighted by molar-refractivity contribution is 6.43. The van der Waals surface area contributed by atoms with Gasteiger partial charge < -0.3 is 15.4 Å². The Morgan fingerprint density at radius 3 is 2.63 bits per heavy atom. The highest BCUT2D eigenvalue weighted by Gasteiger charge is 2.15. The summed E-state index contributed by atoms with van der Waals surface area (Å²) in [4.78, 5) is 26.5. The molecule has 2 rings (SSSR count). The van der Waals surface area contributed by atoms with Gasteiger partial charge in [-0.25, -0.2) is 0 Å². The third-order valence-corrected chi connectivity index (χ3v) is 5.19. The number of morpholine rings is 1. The Morgan fingerprint density at radius 2 is 1.89 bits per heavy atom. The summed E-state index contributed by atoms with van der Waals surface area (Å²) in [5, 5.41) is 6.37. The number of hydrogen-bond donors (Lipinski definition) is 2. The lowest BCUT2D eigenvalue weighted by molar-refractivity contribution is -0.122. The molecule has 150 valence electrons. The van der Waals surface area contributed by atoms with E-state index < -0.39 is 0 Å². The molecule has 6 nitrogen and oxygen atoms in total. The van der Waals surface area contributed by atoms with Crippen LogP contribution in [-0.2, 0) is 14.3 Å². The molecular weight excluding hydrogens is 389 g/mol. The van der Waals surface area contributed by atoms with Gasteiger partial charge in [-0.3, -0.25) is 14.5 Å². The largest absolute Gasteiger partial charge is 0.379 e. The van der Waals surface area contributed by atoms with Gasteiger partial charge in [-0.05, 0) is 31.0 Å². The summed E-state index contributed by atoms with van der Waals surface area (Å²) in [6.45, 7) is 6.97. The molecule has 0 saturated carbocycles. The Hall–Kier alpha value is -1.34. The molecule has 2 amide bonds. The van der Waals surface area contributed by atoms with Gasteiger partial charge in [-0.15, -0.1) is 0 Å². The number of nitrogens with one attached hydrogen (secondary N) is 2. The SMILES string of the molecule is C[C@@H](CC(=O)NCCCN1CCOCC1)CC(=O)Nc1cccc(Cl)c1Cl. The van der Waals surface area contributed by atoms with Crippen molar-refractivity contribution >= 4 is 40.7 Å². The summed E-state index contributed by atoms with van der Waals surface area (Å²) in [5.74, 6) is -0.285. The highest BCUT2D eigenvalue weighted by Crippen LogP contribution is 2.29. The number of ether oxygens (including phenoxy) is 1. The van der Waals surface area contributed by atoms with Crippen molar-refractivity contribution in [1.29, 1.82) is 0 Å². The van der Waals surface area contributed by atoms with E-state index >= 15 is 0 Å². The Labute approximate surface area is 170 Å². The van der Waals surface area contributed by atoms with Crippen molar-refractivity contribution in [2.45, 2.75) is 26.2 Å². The average Bonchev–Trinajstić information content (AvgIpc) is 2.63. The molecule has 1 saturated heterocycles. The quantitative estimate of drug-likeness (QED) is 0.607. The zero-order chi connectivity index (χ0) is 19.6. The molecule has 8 heteroatoms. The number of carbonyl (C=O) groups is 2. The van der Waals surface area contributed by atoms with E-state index in [0.717, 1.165) is 39.3 Å². The van der Waals surface area contributed by atoms with E-state index in [1.165, 1.54) is 0 Å². The van der Waals surface area contributed by atoms with Gasteiger partial charge in [-0.2, -0.15) is 0 Å². The van der Waals surface area contributed by atoms with Gasteiger partial charge in [0.15, 0.2) is 0 Å². The molecule has 1 aliphatic heterocycles. The summed E-state index contributed by atoms with van der Waals surface area (Å²) in [6.07, 6.45) is 1.46. The minimum Gasteiger partial charge on any atom is -0.379 e. The predicted octanol–water partition coefficient (Wildman–Crippen LogP) is 3.19. The number of rotatable bonds is 9. The molecule has 1 heterocycles. The molecule has 0 spiro atoms. The lowest BCUT2D eigenvalue weighted by Gasteiger charge is -2.26. The van der Waals surface area contributed by atoms with Crippen molar-refractivity contribution in [3.05, 3.63) is 28.2 Å². The van der Waals surface area contributed by atoms with Crippen LogP contribution < -0.4 is 10.6 Å². The third-order valence-electron chi connectivity index (χ3n) is 4.37. The minimum absolute atomic E-state index is 0.0296. The fourth-order valence-corrected chi connectivity index (χ4v) is 3.28. The second-order valence-electron chi connectivity index (χ2n) is 6.82. The van der Waals surface area contributed by atoms with E-state index in [2.05, 4.69) is 15.5 Å². The summed E-state index contributed by atoms with van der Waals surface area (Å²) in [5.41, 5.74) is 0.480. The van der Waals surface area contributed by atoms with Gasteiger partial charge in [0.2, 0.25) is 11.8 Å². The van der Waals surface area contributed by atoms with Crippen LogP contribution in [0.3, 0.4) is 0 Å². The van der Waals surface area contributed by atoms with Crippen LogP contribution >= 0.6 is 23.2 Å². The van der Waals surface area contributed by atoms with Crippen LogP contribution in [0.4, 0.5) is 5.69 Å². The monoisotopic (exact) mass is 415 g/mol. The maximum absolute atomic E-state index is 12.1. The first kappa shape index (κ1) is 22.0. The van der Waals surface area contributed by atoms with Crippen molar-refractivity contribution in [3.63, 3.8) is 0 Å². The summed E-state index contributed by atoms with van der Waals surface area (Å²) >= 11 is 12.0. The molecule has 1 aromatic carbocycles. The van der Waals surface area contributed by atoms with E-state index in [1.54, 1.807) is 18.2 Å². The predicted molar refractivity (Wildman–Crippen MR) is 108 cm³/mol. The normalized spacial score (nSPS) is 16.0. The molecule has 0 radical (unpaired) electrons. The van der Waals surface area contributed by atoms with E-state index in [4.69, 9.17) is 27.9 Å². The summed E-state index contributed by atoms with van der Waals surface area (Å²) < 4.78 is 5.31. The number of benzene rings is 1. The average molecular weight is 416 g/mol. The summed E-state index contributed by atoms with van der Waals surface area (Å²) in [6, 6.07) is 5.07. The van der Waals surface area contributed by atoms with E-state index in [0.29, 0.717) is 28.7 Å². The van der Waals surface area contributed by atoms with Crippen LogP contribution in [0.5, 0.6) is 0 Å². The number of carbonyl (C=O) groups excluding carboxylic acids is 2. The Morgan fingerprint density at radius 1 is 1.19 bits per heavy atom. The number of anilines is 1. The van der Waals surface area contributed by atoms with Crippen molar-refractivity contribution in [2.75, 3.05) is 44.7 Å². The van der Waals surface area contributed by atoms with Gasteiger partial charge in [-0.1, -0.05) is 36.2 Å². The molecule has 0 aromatic heterocycles. The molecule has 0 aliphatic carbocycles. The van der Waals surface area contributed by atoms with Gasteiger partial charge >= 0.3 is 0 Å². The fraction of sp³-hybridized carbons (Fsp3) is 0.579. The topological polar surface area (TPSA) is 70.7 Å². The first-order chi connectivity index (χ1) is 13.0. The maximum Gasteiger partial charge on any atom is 0.224 e. The number of hydrogen-bond acceptors (Lipinski definition) is 4. The first-order valence-electron chi connectivity index (χ1n) is 9.26. The van der Waals surface area contributed by atoms with Crippen molar-refractivity contribution in [3.8, 4) is 0 Å². The second kappa shape index (κ2) is 11.5. The minimum atomic E-state index is -0.188. The van der Waals surface area contributed by atoms with Gasteiger partial charge in [0, 0.05) is 32.5 Å². The van der Waals surface area contributed by atoms with Crippen LogP contribution in [0.1, 0.15) is 26.2 Å². The van der Waals surface area contributed by atoms with Crippen molar-refractivity contribution in [1.82, 2.24) is 10.2 Å². The van der Waals surface area contributed by atoms with Crippen LogP contribution in [0, 0.1) is 5.92 Å².